The maximum absolute atomic E-state index is 10.4. The highest BCUT2D eigenvalue weighted by atomic mass is 28.4. The zero-order valence-electron chi connectivity index (χ0n) is 17.0. The van der Waals surface area contributed by atoms with Crippen LogP contribution in [-0.4, -0.2) is 66.1 Å². The molecule has 1 aliphatic heterocycles. The summed E-state index contributed by atoms with van der Waals surface area (Å²) in [6.07, 6.45) is -6.99. The van der Waals surface area contributed by atoms with Gasteiger partial charge in [-0.1, -0.05) is 81.4 Å². The van der Waals surface area contributed by atoms with Gasteiger partial charge in [0.15, 0.2) is 6.29 Å². The van der Waals surface area contributed by atoms with Crippen molar-refractivity contribution >= 4 is 18.7 Å². The number of hydrogen-bond acceptors (Lipinski definition) is 6. The van der Waals surface area contributed by atoms with E-state index < -0.39 is 39.0 Å². The molecule has 0 spiro atoms. The van der Waals surface area contributed by atoms with Crippen molar-refractivity contribution in [2.24, 2.45) is 0 Å². The molecule has 1 fully saturated rings. The fourth-order valence-corrected chi connectivity index (χ4v) is 8.61. The topological polar surface area (TPSA) is 99.4 Å². The van der Waals surface area contributed by atoms with Crippen molar-refractivity contribution in [1.82, 2.24) is 0 Å². The summed E-state index contributed by atoms with van der Waals surface area (Å²) in [6, 6.07) is 20.0. The van der Waals surface area contributed by atoms with E-state index in [9.17, 15) is 20.4 Å². The number of aliphatic hydroxyl groups is 4. The Morgan fingerprint density at radius 1 is 0.793 bits per heavy atom. The summed E-state index contributed by atoms with van der Waals surface area (Å²) in [6.45, 7) is 6.36. The number of benzene rings is 2. The largest absolute Gasteiger partial charge is 0.405 e. The predicted molar refractivity (Wildman–Crippen MR) is 112 cm³/mol. The van der Waals surface area contributed by atoms with E-state index in [0.29, 0.717) is 0 Å². The van der Waals surface area contributed by atoms with E-state index in [2.05, 4.69) is 45.0 Å². The van der Waals surface area contributed by atoms with Gasteiger partial charge in [-0.05, 0) is 15.4 Å². The highest BCUT2D eigenvalue weighted by Crippen LogP contribution is 2.37. The van der Waals surface area contributed by atoms with Crippen molar-refractivity contribution in [3.63, 3.8) is 0 Å². The average molecular weight is 419 g/mol. The van der Waals surface area contributed by atoms with Gasteiger partial charge < -0.3 is 29.6 Å². The quantitative estimate of drug-likeness (QED) is 0.524. The monoisotopic (exact) mass is 418 g/mol. The van der Waals surface area contributed by atoms with Crippen molar-refractivity contribution < 1.29 is 29.6 Å². The lowest BCUT2D eigenvalue weighted by atomic mass is 10.00. The van der Waals surface area contributed by atoms with Crippen LogP contribution in [0.1, 0.15) is 20.8 Å². The van der Waals surface area contributed by atoms with Crippen LogP contribution in [0.4, 0.5) is 0 Å². The van der Waals surface area contributed by atoms with Gasteiger partial charge in [0.1, 0.15) is 24.4 Å². The van der Waals surface area contributed by atoms with Crippen LogP contribution >= 0.6 is 0 Å². The van der Waals surface area contributed by atoms with E-state index in [0.717, 1.165) is 10.4 Å². The van der Waals surface area contributed by atoms with Gasteiger partial charge in [-0.15, -0.1) is 0 Å². The van der Waals surface area contributed by atoms with Gasteiger partial charge in [0.05, 0.1) is 6.61 Å². The molecule has 5 unspecified atom stereocenters. The summed E-state index contributed by atoms with van der Waals surface area (Å²) in [4.78, 5) is 0. The summed E-state index contributed by atoms with van der Waals surface area (Å²) in [5, 5.41) is 41.9. The SMILES string of the molecule is CC(C)(C)[Si](OCC1OC(O)C(O)C(O)C1O)(c1ccccc1)c1ccccc1. The van der Waals surface area contributed by atoms with Crippen molar-refractivity contribution in [2.75, 3.05) is 6.61 Å². The lowest BCUT2D eigenvalue weighted by Crippen LogP contribution is -2.68. The third-order valence-electron chi connectivity index (χ3n) is 5.57. The fraction of sp³-hybridized carbons (Fsp3) is 0.455. The minimum atomic E-state index is -2.84. The third kappa shape index (κ3) is 4.18. The molecule has 158 valence electrons. The van der Waals surface area contributed by atoms with Crippen molar-refractivity contribution in [2.45, 2.75) is 56.5 Å². The molecule has 0 aliphatic carbocycles. The minimum absolute atomic E-state index is 0.0325. The highest BCUT2D eigenvalue weighted by Gasteiger charge is 2.52. The first-order chi connectivity index (χ1) is 13.7. The molecule has 2 aromatic rings. The molecule has 1 heterocycles. The van der Waals surface area contributed by atoms with Gasteiger partial charge in [-0.25, -0.2) is 0 Å². The molecule has 1 aliphatic rings. The van der Waals surface area contributed by atoms with Gasteiger partial charge in [0, 0.05) is 0 Å². The Bertz CT molecular complexity index is 739. The maximum Gasteiger partial charge on any atom is 0.261 e. The van der Waals surface area contributed by atoms with Crippen LogP contribution in [0, 0.1) is 0 Å². The average Bonchev–Trinajstić information content (AvgIpc) is 2.71. The molecule has 0 radical (unpaired) electrons. The Morgan fingerprint density at radius 3 is 1.72 bits per heavy atom. The summed E-state index contributed by atoms with van der Waals surface area (Å²) in [5.41, 5.74) is 0. The number of rotatable bonds is 5. The lowest BCUT2D eigenvalue weighted by molar-refractivity contribution is -0.285. The molecule has 5 atom stereocenters. The smallest absolute Gasteiger partial charge is 0.261 e. The number of ether oxygens (including phenoxy) is 1. The van der Waals surface area contributed by atoms with Crippen LogP contribution in [0.2, 0.25) is 5.04 Å². The number of hydrogen-bond donors (Lipinski definition) is 4. The molecule has 2 aromatic carbocycles. The maximum atomic E-state index is 10.4. The van der Waals surface area contributed by atoms with Crippen LogP contribution in [-0.2, 0) is 9.16 Å². The van der Waals surface area contributed by atoms with Gasteiger partial charge in [-0.2, -0.15) is 0 Å². The Balaban J connectivity index is 2.00. The molecular formula is C22H30O6Si. The number of aliphatic hydroxyl groups excluding tert-OH is 4. The summed E-state index contributed by atoms with van der Waals surface area (Å²) < 4.78 is 12.0. The molecule has 3 rings (SSSR count). The first-order valence-electron chi connectivity index (χ1n) is 9.81. The second-order valence-electron chi connectivity index (χ2n) is 8.51. The van der Waals surface area contributed by atoms with Gasteiger partial charge in [-0.3, -0.25) is 0 Å². The molecule has 0 amide bonds. The predicted octanol–water partition coefficient (Wildman–Crippen LogP) is 0.363. The molecule has 1 saturated heterocycles. The molecule has 29 heavy (non-hydrogen) atoms. The first kappa shape index (κ1) is 22.1. The van der Waals surface area contributed by atoms with Crippen LogP contribution in [0.5, 0.6) is 0 Å². The van der Waals surface area contributed by atoms with Crippen LogP contribution in [0.25, 0.3) is 0 Å². The van der Waals surface area contributed by atoms with E-state index in [4.69, 9.17) is 9.16 Å². The molecule has 0 saturated carbocycles. The van der Waals surface area contributed by atoms with Crippen molar-refractivity contribution in [1.29, 1.82) is 0 Å². The lowest BCUT2D eigenvalue weighted by Gasteiger charge is -2.45. The Morgan fingerprint density at radius 2 is 1.28 bits per heavy atom. The van der Waals surface area contributed by atoms with Gasteiger partial charge >= 0.3 is 0 Å². The molecule has 4 N–H and O–H groups in total. The summed E-state index contributed by atoms with van der Waals surface area (Å²) >= 11 is 0. The van der Waals surface area contributed by atoms with E-state index in [-0.39, 0.29) is 11.6 Å². The highest BCUT2D eigenvalue weighted by molar-refractivity contribution is 6.99. The van der Waals surface area contributed by atoms with Gasteiger partial charge in [0.2, 0.25) is 0 Å². The zero-order valence-corrected chi connectivity index (χ0v) is 18.0. The van der Waals surface area contributed by atoms with E-state index in [1.807, 2.05) is 36.4 Å². The van der Waals surface area contributed by atoms with E-state index >= 15 is 0 Å². The second-order valence-corrected chi connectivity index (χ2v) is 12.8. The van der Waals surface area contributed by atoms with Gasteiger partial charge in [0.25, 0.3) is 8.32 Å². The Labute approximate surface area is 172 Å². The first-order valence-corrected chi connectivity index (χ1v) is 11.7. The standard InChI is InChI=1S/C22H30O6Si/c1-22(2,3)29(15-10-6-4-7-11-15,16-12-8-5-9-13-16)27-14-17-18(23)19(24)20(25)21(26)28-17/h4-13,17-21,23-26H,14H2,1-3H3. The molecule has 0 bridgehead atoms. The van der Waals surface area contributed by atoms with Crippen molar-refractivity contribution in [3.8, 4) is 0 Å². The van der Waals surface area contributed by atoms with Crippen molar-refractivity contribution in [3.05, 3.63) is 60.7 Å². The Kier molecular flexibility index (Phi) is 6.60. The van der Waals surface area contributed by atoms with Crippen LogP contribution in [0.3, 0.4) is 0 Å². The van der Waals surface area contributed by atoms with Crippen LogP contribution < -0.4 is 10.4 Å². The second kappa shape index (κ2) is 8.65. The Hall–Kier alpha value is -1.58. The molecule has 7 heteroatoms. The molecular weight excluding hydrogens is 388 g/mol. The molecule has 6 nitrogen and oxygen atoms in total. The molecule has 0 aromatic heterocycles. The summed E-state index contributed by atoms with van der Waals surface area (Å²) in [5.74, 6) is 0. The normalized spacial score (nSPS) is 28.3. The minimum Gasteiger partial charge on any atom is -0.405 e. The van der Waals surface area contributed by atoms with E-state index in [1.165, 1.54) is 0 Å². The fourth-order valence-electron chi connectivity index (χ4n) is 4.04. The summed E-state index contributed by atoms with van der Waals surface area (Å²) in [7, 11) is -2.84. The zero-order chi connectivity index (χ0) is 21.2. The van der Waals surface area contributed by atoms with E-state index in [1.54, 1.807) is 0 Å². The van der Waals surface area contributed by atoms with Crippen LogP contribution in [0.15, 0.2) is 60.7 Å². The third-order valence-corrected chi connectivity index (χ3v) is 10.6.